The third-order valence-electron chi connectivity index (χ3n) is 3.77. The molecule has 0 saturated carbocycles. The zero-order valence-corrected chi connectivity index (χ0v) is 12.7. The second-order valence-electron chi connectivity index (χ2n) is 5.39. The van der Waals surface area contributed by atoms with E-state index in [2.05, 4.69) is 31.2 Å². The van der Waals surface area contributed by atoms with Gasteiger partial charge in [-0.15, -0.1) is 0 Å². The van der Waals surface area contributed by atoms with Crippen LogP contribution in [0.1, 0.15) is 30.5 Å². The summed E-state index contributed by atoms with van der Waals surface area (Å²) in [4.78, 5) is 11.6. The first-order chi connectivity index (χ1) is 9.57. The van der Waals surface area contributed by atoms with Gasteiger partial charge in [0.1, 0.15) is 6.29 Å². The lowest BCUT2D eigenvalue weighted by Crippen LogP contribution is -2.26. The molecule has 0 amide bonds. The van der Waals surface area contributed by atoms with Crippen LogP contribution in [-0.2, 0) is 23.1 Å². The van der Waals surface area contributed by atoms with Crippen molar-refractivity contribution in [3.8, 4) is 0 Å². The molecule has 0 spiro atoms. The van der Waals surface area contributed by atoms with E-state index in [1.165, 1.54) is 11.1 Å². The van der Waals surface area contributed by atoms with Gasteiger partial charge >= 0.3 is 0 Å². The highest BCUT2D eigenvalue weighted by molar-refractivity contribution is 6.30. The first-order valence-electron chi connectivity index (χ1n) is 6.87. The maximum Gasteiger partial charge on any atom is 0.130 e. The molecule has 0 bridgehead atoms. The van der Waals surface area contributed by atoms with Crippen LogP contribution >= 0.6 is 11.6 Å². The molecule has 2 aromatic rings. The normalized spacial score (nSPS) is 13.8. The van der Waals surface area contributed by atoms with Crippen molar-refractivity contribution in [2.24, 2.45) is 0 Å². The molecule has 0 heterocycles. The van der Waals surface area contributed by atoms with E-state index in [-0.39, 0.29) is 0 Å². The fourth-order valence-corrected chi connectivity index (χ4v) is 2.49. The van der Waals surface area contributed by atoms with Crippen molar-refractivity contribution in [3.05, 3.63) is 70.2 Å². The second-order valence-corrected chi connectivity index (χ2v) is 5.83. The summed E-state index contributed by atoms with van der Waals surface area (Å²) in [5.41, 5.74) is 2.97. The zero-order valence-electron chi connectivity index (χ0n) is 11.9. The largest absolute Gasteiger partial charge is 0.302 e. The molecular weight excluding hydrogens is 268 g/mol. The van der Waals surface area contributed by atoms with E-state index in [4.69, 9.17) is 11.6 Å². The molecule has 20 heavy (non-hydrogen) atoms. The van der Waals surface area contributed by atoms with Gasteiger partial charge < -0.3 is 4.79 Å². The minimum atomic E-state index is -0.516. The van der Waals surface area contributed by atoms with E-state index in [0.717, 1.165) is 18.3 Å². The summed E-state index contributed by atoms with van der Waals surface area (Å²) in [7, 11) is 0. The number of benzene rings is 2. The standard InChI is InChI=1S/C18H19ClO/c1-3-14-4-6-15(7-5-14)12-18(2,13-20)16-8-10-17(19)11-9-16/h4-11,13H,3,12H2,1-2H3. The Morgan fingerprint density at radius 3 is 2.05 bits per heavy atom. The van der Waals surface area contributed by atoms with Gasteiger partial charge in [-0.2, -0.15) is 0 Å². The Hall–Kier alpha value is -1.60. The van der Waals surface area contributed by atoms with Crippen LogP contribution in [0.2, 0.25) is 5.02 Å². The molecule has 2 rings (SSSR count). The molecule has 1 unspecified atom stereocenters. The number of aryl methyl sites for hydroxylation is 1. The zero-order chi connectivity index (χ0) is 14.6. The van der Waals surface area contributed by atoms with Gasteiger partial charge in [-0.3, -0.25) is 0 Å². The van der Waals surface area contributed by atoms with Crippen molar-refractivity contribution in [1.82, 2.24) is 0 Å². The third kappa shape index (κ3) is 3.29. The lowest BCUT2D eigenvalue weighted by Gasteiger charge is -2.24. The van der Waals surface area contributed by atoms with Gasteiger partial charge in [-0.1, -0.05) is 54.9 Å². The molecule has 2 aromatic carbocycles. The van der Waals surface area contributed by atoms with Crippen molar-refractivity contribution < 1.29 is 4.79 Å². The highest BCUT2D eigenvalue weighted by Gasteiger charge is 2.26. The molecule has 1 atom stereocenters. The van der Waals surface area contributed by atoms with Crippen molar-refractivity contribution in [1.29, 1.82) is 0 Å². The Morgan fingerprint density at radius 2 is 1.55 bits per heavy atom. The molecule has 104 valence electrons. The first kappa shape index (κ1) is 14.8. The van der Waals surface area contributed by atoms with Gasteiger partial charge in [0, 0.05) is 5.02 Å². The number of halogens is 1. The number of hydrogen-bond donors (Lipinski definition) is 0. The molecule has 0 fully saturated rings. The Bertz CT molecular complexity index is 571. The summed E-state index contributed by atoms with van der Waals surface area (Å²) >= 11 is 5.91. The summed E-state index contributed by atoms with van der Waals surface area (Å²) in [5.74, 6) is 0. The van der Waals surface area contributed by atoms with Gasteiger partial charge in [-0.05, 0) is 48.6 Å². The van der Waals surface area contributed by atoms with Crippen LogP contribution in [0, 0.1) is 0 Å². The third-order valence-corrected chi connectivity index (χ3v) is 4.02. The quantitative estimate of drug-likeness (QED) is 0.734. The summed E-state index contributed by atoms with van der Waals surface area (Å²) in [5, 5.41) is 0.689. The van der Waals surface area contributed by atoms with E-state index in [1.54, 1.807) is 0 Å². The number of carbonyl (C=O) groups excluding carboxylic acids is 1. The Balaban J connectivity index is 2.26. The number of aldehydes is 1. The van der Waals surface area contributed by atoms with E-state index in [9.17, 15) is 4.79 Å². The van der Waals surface area contributed by atoms with Crippen molar-refractivity contribution >= 4 is 17.9 Å². The van der Waals surface area contributed by atoms with Crippen LogP contribution in [0.3, 0.4) is 0 Å². The minimum absolute atomic E-state index is 0.516. The van der Waals surface area contributed by atoms with Crippen LogP contribution in [0.15, 0.2) is 48.5 Å². The van der Waals surface area contributed by atoms with E-state index < -0.39 is 5.41 Å². The summed E-state index contributed by atoms with van der Waals surface area (Å²) in [6.45, 7) is 4.11. The highest BCUT2D eigenvalue weighted by Crippen LogP contribution is 2.27. The second kappa shape index (κ2) is 6.23. The van der Waals surface area contributed by atoms with Crippen molar-refractivity contribution in [2.75, 3.05) is 0 Å². The lowest BCUT2D eigenvalue weighted by atomic mass is 9.78. The topological polar surface area (TPSA) is 17.1 Å². The number of carbonyl (C=O) groups is 1. The predicted molar refractivity (Wildman–Crippen MR) is 84.4 cm³/mol. The van der Waals surface area contributed by atoms with Gasteiger partial charge in [0.2, 0.25) is 0 Å². The monoisotopic (exact) mass is 286 g/mol. The molecular formula is C18H19ClO. The lowest BCUT2D eigenvalue weighted by molar-refractivity contribution is -0.112. The predicted octanol–water partition coefficient (Wildman–Crippen LogP) is 4.60. The van der Waals surface area contributed by atoms with Crippen LogP contribution < -0.4 is 0 Å². The van der Waals surface area contributed by atoms with E-state index >= 15 is 0 Å². The molecule has 0 aliphatic carbocycles. The fraction of sp³-hybridized carbons (Fsp3) is 0.278. The SMILES string of the molecule is CCc1ccc(CC(C)(C=O)c2ccc(Cl)cc2)cc1. The van der Waals surface area contributed by atoms with E-state index in [1.807, 2.05) is 31.2 Å². The summed E-state index contributed by atoms with van der Waals surface area (Å²) in [6, 6.07) is 16.0. The van der Waals surface area contributed by atoms with E-state index in [0.29, 0.717) is 11.4 Å². The smallest absolute Gasteiger partial charge is 0.130 e. The van der Waals surface area contributed by atoms with Crippen molar-refractivity contribution in [2.45, 2.75) is 32.1 Å². The average Bonchev–Trinajstić information content (AvgIpc) is 2.48. The highest BCUT2D eigenvalue weighted by atomic mass is 35.5. The van der Waals surface area contributed by atoms with Gasteiger partial charge in [0.15, 0.2) is 0 Å². The van der Waals surface area contributed by atoms with Gasteiger partial charge in [0.25, 0.3) is 0 Å². The number of rotatable bonds is 5. The first-order valence-corrected chi connectivity index (χ1v) is 7.25. The minimum Gasteiger partial charge on any atom is -0.302 e. The molecule has 0 radical (unpaired) electrons. The summed E-state index contributed by atoms with van der Waals surface area (Å²) in [6.07, 6.45) is 2.76. The molecule has 0 saturated heterocycles. The Morgan fingerprint density at radius 1 is 1.00 bits per heavy atom. The van der Waals surface area contributed by atoms with Crippen LogP contribution in [0.5, 0.6) is 0 Å². The van der Waals surface area contributed by atoms with Crippen LogP contribution in [0.25, 0.3) is 0 Å². The Labute approximate surface area is 125 Å². The molecule has 0 aromatic heterocycles. The molecule has 0 N–H and O–H groups in total. The Kier molecular flexibility index (Phi) is 4.61. The molecule has 0 aliphatic rings. The molecule has 0 aliphatic heterocycles. The maximum atomic E-state index is 11.6. The average molecular weight is 287 g/mol. The number of hydrogen-bond acceptors (Lipinski definition) is 1. The van der Waals surface area contributed by atoms with Crippen LogP contribution in [-0.4, -0.2) is 6.29 Å². The molecule has 1 nitrogen and oxygen atoms in total. The summed E-state index contributed by atoms with van der Waals surface area (Å²) < 4.78 is 0. The van der Waals surface area contributed by atoms with Crippen LogP contribution in [0.4, 0.5) is 0 Å². The van der Waals surface area contributed by atoms with Gasteiger partial charge in [-0.25, -0.2) is 0 Å². The van der Waals surface area contributed by atoms with Crippen molar-refractivity contribution in [3.63, 3.8) is 0 Å². The maximum absolute atomic E-state index is 11.6. The van der Waals surface area contributed by atoms with Gasteiger partial charge in [0.05, 0.1) is 5.41 Å². The molecule has 2 heteroatoms. The fourth-order valence-electron chi connectivity index (χ4n) is 2.36.